The second-order valence-electron chi connectivity index (χ2n) is 5.69. The summed E-state index contributed by atoms with van der Waals surface area (Å²) in [5.41, 5.74) is 0.640. The number of likely N-dealkylation sites (N-methyl/N-ethyl adjacent to an activating group) is 2. The van der Waals surface area contributed by atoms with Crippen molar-refractivity contribution >= 4 is 22.9 Å². The molecule has 0 bridgehead atoms. The molecule has 1 amide bonds. The highest BCUT2D eigenvalue weighted by atomic mass is 16.2. The zero-order valence-electron chi connectivity index (χ0n) is 15.7. The molecule has 2 heterocycles. The molecule has 0 aliphatic carbocycles. The quantitative estimate of drug-likeness (QED) is 0.909. The molecule has 0 aliphatic heterocycles. The van der Waals surface area contributed by atoms with Crippen molar-refractivity contribution in [1.29, 1.82) is 0 Å². The fraction of sp³-hybridized carbons (Fsp3) is 0.588. The molecule has 1 N–H and O–H groups in total. The zero-order chi connectivity index (χ0) is 18.1. The molecule has 134 valence electrons. The van der Waals surface area contributed by atoms with E-state index in [1.165, 1.54) is 12.7 Å². The first-order chi connectivity index (χ1) is 11.5. The molecule has 7 nitrogen and oxygen atoms in total. The third kappa shape index (κ3) is 4.67. The van der Waals surface area contributed by atoms with Gasteiger partial charge < -0.3 is 15.1 Å². The van der Waals surface area contributed by atoms with Crippen molar-refractivity contribution in [1.82, 2.24) is 24.8 Å². The number of carbonyl (C=O) groups is 1. The van der Waals surface area contributed by atoms with E-state index in [-0.39, 0.29) is 6.03 Å². The molecule has 0 saturated carbocycles. The summed E-state index contributed by atoms with van der Waals surface area (Å²) in [4.78, 5) is 24.8. The molecule has 0 saturated heterocycles. The average molecular weight is 334 g/mol. The monoisotopic (exact) mass is 334 g/mol. The second kappa shape index (κ2) is 9.87. The lowest BCUT2D eigenvalue weighted by Crippen LogP contribution is -2.38. The smallest absolute Gasteiger partial charge is 0.329 e. The van der Waals surface area contributed by atoms with Crippen LogP contribution < -0.4 is 10.2 Å². The van der Waals surface area contributed by atoms with Gasteiger partial charge in [0.1, 0.15) is 12.1 Å². The van der Waals surface area contributed by atoms with E-state index >= 15 is 0 Å². The highest BCUT2D eigenvalue weighted by Gasteiger charge is 2.18. The van der Waals surface area contributed by atoms with Crippen LogP contribution in [0.5, 0.6) is 0 Å². The van der Waals surface area contributed by atoms with E-state index in [0.29, 0.717) is 18.7 Å². The number of hydrogen-bond acceptors (Lipinski definition) is 5. The standard InChI is InChI=1S/C14H22N6O.C3H8/c1-5-19(9-7-15-2)14(21)20-8-6-11-12(18(3)4)16-10-17-13(11)20;1-3-2/h6,8,10,15H,5,7,9H2,1-4H3;3H2,1-2H3. The molecular weight excluding hydrogens is 304 g/mol. The van der Waals surface area contributed by atoms with Crippen LogP contribution in [0.2, 0.25) is 0 Å². The van der Waals surface area contributed by atoms with Crippen LogP contribution in [0.4, 0.5) is 10.6 Å². The van der Waals surface area contributed by atoms with Gasteiger partial charge in [-0.3, -0.25) is 4.57 Å². The van der Waals surface area contributed by atoms with Crippen molar-refractivity contribution in [3.05, 3.63) is 18.6 Å². The Morgan fingerprint density at radius 3 is 2.46 bits per heavy atom. The third-order valence-corrected chi connectivity index (χ3v) is 3.37. The van der Waals surface area contributed by atoms with Crippen LogP contribution in [0.1, 0.15) is 27.2 Å². The van der Waals surface area contributed by atoms with Crippen molar-refractivity contribution in [2.24, 2.45) is 0 Å². The Balaban J connectivity index is 0.000000891. The summed E-state index contributed by atoms with van der Waals surface area (Å²) in [5, 5.41) is 3.93. The molecule has 2 aromatic rings. The first-order valence-corrected chi connectivity index (χ1v) is 8.44. The molecule has 7 heteroatoms. The van der Waals surface area contributed by atoms with Gasteiger partial charge >= 0.3 is 6.03 Å². The van der Waals surface area contributed by atoms with Gasteiger partial charge in [0.15, 0.2) is 5.65 Å². The van der Waals surface area contributed by atoms with Gasteiger partial charge in [0, 0.05) is 39.9 Å². The normalized spacial score (nSPS) is 10.2. The van der Waals surface area contributed by atoms with Gasteiger partial charge in [-0.1, -0.05) is 20.3 Å². The summed E-state index contributed by atoms with van der Waals surface area (Å²) < 4.78 is 1.59. The highest BCUT2D eigenvalue weighted by Crippen LogP contribution is 2.22. The molecule has 0 atom stereocenters. The molecular formula is C17H30N6O. The molecule has 0 aliphatic rings. The van der Waals surface area contributed by atoms with Crippen molar-refractivity contribution in [3.8, 4) is 0 Å². The lowest BCUT2D eigenvalue weighted by molar-refractivity contribution is 0.203. The maximum Gasteiger partial charge on any atom is 0.329 e. The Morgan fingerprint density at radius 2 is 1.92 bits per heavy atom. The summed E-state index contributed by atoms with van der Waals surface area (Å²) in [6, 6.07) is 1.82. The van der Waals surface area contributed by atoms with Crippen LogP contribution >= 0.6 is 0 Å². The van der Waals surface area contributed by atoms with E-state index in [1.54, 1.807) is 15.7 Å². The molecule has 0 aromatic carbocycles. The van der Waals surface area contributed by atoms with Crippen molar-refractivity contribution < 1.29 is 4.79 Å². The van der Waals surface area contributed by atoms with Crippen LogP contribution in [0.15, 0.2) is 18.6 Å². The van der Waals surface area contributed by atoms with Crippen molar-refractivity contribution in [2.45, 2.75) is 27.2 Å². The van der Waals surface area contributed by atoms with Crippen LogP contribution in [0.25, 0.3) is 11.0 Å². The fourth-order valence-corrected chi connectivity index (χ4v) is 2.24. The van der Waals surface area contributed by atoms with Gasteiger partial charge in [-0.05, 0) is 20.0 Å². The lowest BCUT2D eigenvalue weighted by Gasteiger charge is -2.21. The van der Waals surface area contributed by atoms with Crippen LogP contribution in [0, 0.1) is 0 Å². The average Bonchev–Trinajstić information content (AvgIpc) is 2.99. The molecule has 0 fully saturated rings. The minimum atomic E-state index is -0.0637. The minimum Gasteiger partial charge on any atom is -0.362 e. The first kappa shape index (κ1) is 19.9. The first-order valence-electron chi connectivity index (χ1n) is 8.44. The van der Waals surface area contributed by atoms with Crippen molar-refractivity contribution in [2.75, 3.05) is 45.7 Å². The Hall–Kier alpha value is -2.15. The summed E-state index contributed by atoms with van der Waals surface area (Å²) >= 11 is 0. The van der Waals surface area contributed by atoms with E-state index in [2.05, 4.69) is 29.1 Å². The summed E-state index contributed by atoms with van der Waals surface area (Å²) in [5.74, 6) is 0.810. The minimum absolute atomic E-state index is 0.0637. The Morgan fingerprint density at radius 1 is 1.25 bits per heavy atom. The SMILES string of the molecule is CCC.CCN(CCNC)C(=O)n1ccc2c(N(C)C)ncnc21. The summed E-state index contributed by atoms with van der Waals surface area (Å²) in [7, 11) is 5.72. The van der Waals surface area contributed by atoms with E-state index < -0.39 is 0 Å². The number of aromatic nitrogens is 3. The number of rotatable bonds is 5. The van der Waals surface area contributed by atoms with E-state index in [4.69, 9.17) is 0 Å². The van der Waals surface area contributed by atoms with Gasteiger partial charge in [-0.25, -0.2) is 14.8 Å². The van der Waals surface area contributed by atoms with E-state index in [0.717, 1.165) is 17.7 Å². The molecule has 24 heavy (non-hydrogen) atoms. The Labute approximate surface area is 144 Å². The summed E-state index contributed by atoms with van der Waals surface area (Å²) in [6.45, 7) is 8.30. The van der Waals surface area contributed by atoms with E-state index in [1.807, 2.05) is 39.0 Å². The van der Waals surface area contributed by atoms with Gasteiger partial charge in [-0.15, -0.1) is 0 Å². The number of carbonyl (C=O) groups excluding carboxylic acids is 1. The molecule has 2 aromatic heterocycles. The number of fused-ring (bicyclic) bond motifs is 1. The third-order valence-electron chi connectivity index (χ3n) is 3.37. The lowest BCUT2D eigenvalue weighted by atomic mass is 10.3. The molecule has 0 radical (unpaired) electrons. The van der Waals surface area contributed by atoms with Crippen LogP contribution in [0.3, 0.4) is 0 Å². The number of nitrogens with one attached hydrogen (secondary N) is 1. The Kier molecular flexibility index (Phi) is 8.18. The Bertz CT molecular complexity index is 637. The predicted molar refractivity (Wildman–Crippen MR) is 99.8 cm³/mol. The number of nitrogens with zero attached hydrogens (tertiary/aromatic N) is 5. The molecule has 0 unspecified atom stereocenters. The molecule has 0 spiro atoms. The highest BCUT2D eigenvalue weighted by molar-refractivity contribution is 5.94. The van der Waals surface area contributed by atoms with Crippen molar-refractivity contribution in [3.63, 3.8) is 0 Å². The van der Waals surface area contributed by atoms with Gasteiger partial charge in [0.2, 0.25) is 0 Å². The zero-order valence-corrected chi connectivity index (χ0v) is 15.7. The summed E-state index contributed by atoms with van der Waals surface area (Å²) in [6.07, 6.45) is 4.50. The van der Waals surface area contributed by atoms with Crippen LogP contribution in [-0.2, 0) is 0 Å². The predicted octanol–water partition coefficient (Wildman–Crippen LogP) is 2.42. The number of amides is 1. The second-order valence-corrected chi connectivity index (χ2v) is 5.69. The fourth-order valence-electron chi connectivity index (χ4n) is 2.24. The number of anilines is 1. The number of hydrogen-bond donors (Lipinski definition) is 1. The largest absolute Gasteiger partial charge is 0.362 e. The van der Waals surface area contributed by atoms with Gasteiger partial charge in [0.05, 0.1) is 5.39 Å². The van der Waals surface area contributed by atoms with Gasteiger partial charge in [0.25, 0.3) is 0 Å². The van der Waals surface area contributed by atoms with Crippen LogP contribution in [-0.4, -0.2) is 66.2 Å². The van der Waals surface area contributed by atoms with E-state index in [9.17, 15) is 4.79 Å². The topological polar surface area (TPSA) is 66.3 Å². The van der Waals surface area contributed by atoms with Gasteiger partial charge in [-0.2, -0.15) is 0 Å². The maximum absolute atomic E-state index is 12.6. The maximum atomic E-state index is 12.6. The molecule has 2 rings (SSSR count).